The third-order valence-corrected chi connectivity index (χ3v) is 7.11. The molecule has 2 fully saturated rings. The Balaban J connectivity index is 1.41. The number of benzene rings is 2. The topological polar surface area (TPSA) is 77.1 Å². The first-order valence-corrected chi connectivity index (χ1v) is 12.0. The normalized spacial score (nSPS) is 24.3. The van der Waals surface area contributed by atoms with Crippen molar-refractivity contribution in [2.75, 3.05) is 27.3 Å². The molecule has 7 nitrogen and oxygen atoms in total. The van der Waals surface area contributed by atoms with Gasteiger partial charge in [0, 0.05) is 25.6 Å². The number of carbonyl (C=O) groups excluding carboxylic acids is 2. The van der Waals surface area contributed by atoms with Crippen molar-refractivity contribution in [2.45, 2.75) is 56.3 Å². The largest absolute Gasteiger partial charge is 0.496 e. The van der Waals surface area contributed by atoms with Crippen molar-refractivity contribution in [3.63, 3.8) is 0 Å². The zero-order chi connectivity index (χ0) is 24.0. The van der Waals surface area contributed by atoms with Gasteiger partial charge in [-0.05, 0) is 56.2 Å². The van der Waals surface area contributed by atoms with Crippen LogP contribution in [-0.4, -0.2) is 56.5 Å². The number of para-hydroxylation sites is 1. The first-order valence-electron chi connectivity index (χ1n) is 12.0. The second-order valence-electron chi connectivity index (χ2n) is 9.19. The van der Waals surface area contributed by atoms with Gasteiger partial charge < -0.3 is 19.5 Å². The van der Waals surface area contributed by atoms with Gasteiger partial charge in [-0.25, -0.2) is 4.79 Å². The number of rotatable bonds is 7. The molecule has 7 heteroatoms. The summed E-state index contributed by atoms with van der Waals surface area (Å²) in [6.45, 7) is 1.19. The van der Waals surface area contributed by atoms with E-state index >= 15 is 0 Å². The summed E-state index contributed by atoms with van der Waals surface area (Å²) >= 11 is 0. The summed E-state index contributed by atoms with van der Waals surface area (Å²) in [4.78, 5) is 27.2. The quantitative estimate of drug-likeness (QED) is 0.650. The molecular formula is C27H34N2O5. The Morgan fingerprint density at radius 1 is 1.06 bits per heavy atom. The van der Waals surface area contributed by atoms with E-state index in [0.29, 0.717) is 24.5 Å². The molecule has 1 saturated heterocycles. The van der Waals surface area contributed by atoms with Crippen LogP contribution in [0.1, 0.15) is 54.4 Å². The zero-order valence-electron chi connectivity index (χ0n) is 20.0. The maximum Gasteiger partial charge on any atom is 0.411 e. The van der Waals surface area contributed by atoms with Crippen molar-refractivity contribution in [3.05, 3.63) is 65.7 Å². The molecule has 0 bridgehead atoms. The molecule has 1 N–H and O–H groups in total. The molecule has 2 aliphatic rings. The first-order chi connectivity index (χ1) is 16.5. The summed E-state index contributed by atoms with van der Waals surface area (Å²) in [7, 11) is 3.30. The van der Waals surface area contributed by atoms with Crippen LogP contribution in [0.15, 0.2) is 54.6 Å². The highest BCUT2D eigenvalue weighted by Gasteiger charge is 2.39. The van der Waals surface area contributed by atoms with Crippen LogP contribution in [0.3, 0.4) is 0 Å². The molecule has 1 aliphatic carbocycles. The number of carbonyl (C=O) groups is 2. The van der Waals surface area contributed by atoms with Crippen LogP contribution < -0.4 is 10.1 Å². The van der Waals surface area contributed by atoms with E-state index in [2.05, 4.69) is 17.4 Å². The molecular weight excluding hydrogens is 432 g/mol. The SMILES string of the molecule is COc1ccccc1C(=O)NCC1(c2ccccc2)CCC(OC(=O)N(C)C2CCCO2)CC1. The Bertz CT molecular complexity index is 966. The number of hydrogen-bond donors (Lipinski definition) is 1. The lowest BCUT2D eigenvalue weighted by atomic mass is 9.68. The van der Waals surface area contributed by atoms with E-state index in [9.17, 15) is 9.59 Å². The highest BCUT2D eigenvalue weighted by Crippen LogP contribution is 2.40. The lowest BCUT2D eigenvalue weighted by Crippen LogP contribution is -2.45. The van der Waals surface area contributed by atoms with Gasteiger partial charge in [-0.3, -0.25) is 9.69 Å². The number of nitrogens with zero attached hydrogens (tertiary/aromatic N) is 1. The molecule has 1 saturated carbocycles. The predicted molar refractivity (Wildman–Crippen MR) is 129 cm³/mol. The van der Waals surface area contributed by atoms with Crippen LogP contribution in [-0.2, 0) is 14.9 Å². The van der Waals surface area contributed by atoms with Crippen LogP contribution in [0.2, 0.25) is 0 Å². The standard InChI is InChI=1S/C27H34N2O5/c1-29(24-13-8-18-33-24)26(31)34-21-14-16-27(17-15-21,20-9-4-3-5-10-20)19-28-25(30)22-11-6-7-12-23(22)32-2/h3-7,9-12,21,24H,8,13-19H2,1-2H3,(H,28,30). The third-order valence-electron chi connectivity index (χ3n) is 7.11. The van der Waals surface area contributed by atoms with E-state index in [1.165, 1.54) is 5.56 Å². The minimum absolute atomic E-state index is 0.141. The third kappa shape index (κ3) is 5.36. The number of hydrogen-bond acceptors (Lipinski definition) is 5. The molecule has 1 aliphatic heterocycles. The zero-order valence-corrected chi connectivity index (χ0v) is 20.0. The van der Waals surface area contributed by atoms with Crippen molar-refractivity contribution in [1.29, 1.82) is 0 Å². The smallest absolute Gasteiger partial charge is 0.411 e. The summed E-state index contributed by atoms with van der Waals surface area (Å²) in [5.74, 6) is 0.402. The summed E-state index contributed by atoms with van der Waals surface area (Å²) in [5.41, 5.74) is 1.49. The lowest BCUT2D eigenvalue weighted by molar-refractivity contribution is -0.0251. The molecule has 182 valence electrons. The molecule has 2 aromatic carbocycles. The van der Waals surface area contributed by atoms with Crippen molar-refractivity contribution >= 4 is 12.0 Å². The number of nitrogens with one attached hydrogen (secondary N) is 1. The molecule has 0 aromatic heterocycles. The van der Waals surface area contributed by atoms with Gasteiger partial charge in [0.2, 0.25) is 0 Å². The summed E-state index contributed by atoms with van der Waals surface area (Å²) in [6.07, 6.45) is 4.26. The van der Waals surface area contributed by atoms with Gasteiger partial charge >= 0.3 is 6.09 Å². The van der Waals surface area contributed by atoms with Crippen molar-refractivity contribution < 1.29 is 23.8 Å². The fraction of sp³-hybridized carbons (Fsp3) is 0.481. The minimum Gasteiger partial charge on any atom is -0.496 e. The second-order valence-corrected chi connectivity index (χ2v) is 9.19. The van der Waals surface area contributed by atoms with Crippen LogP contribution in [0, 0.1) is 0 Å². The Morgan fingerprint density at radius 3 is 2.44 bits per heavy atom. The Hall–Kier alpha value is -3.06. The molecule has 4 rings (SSSR count). The van der Waals surface area contributed by atoms with Crippen molar-refractivity contribution in [3.8, 4) is 5.75 Å². The average molecular weight is 467 g/mol. The molecule has 2 aromatic rings. The fourth-order valence-electron chi connectivity index (χ4n) is 5.01. The molecule has 34 heavy (non-hydrogen) atoms. The van der Waals surface area contributed by atoms with Gasteiger partial charge in [-0.2, -0.15) is 0 Å². The van der Waals surface area contributed by atoms with Gasteiger partial charge in [0.15, 0.2) is 0 Å². The molecule has 1 unspecified atom stereocenters. The second kappa shape index (κ2) is 10.9. The van der Waals surface area contributed by atoms with E-state index in [1.807, 2.05) is 30.3 Å². The number of methoxy groups -OCH3 is 1. The maximum atomic E-state index is 13.0. The van der Waals surface area contributed by atoms with E-state index in [0.717, 1.165) is 38.5 Å². The van der Waals surface area contributed by atoms with E-state index in [4.69, 9.17) is 14.2 Å². The highest BCUT2D eigenvalue weighted by atomic mass is 16.6. The molecule has 2 amide bonds. The Labute approximate surface area is 201 Å². The van der Waals surface area contributed by atoms with Gasteiger partial charge in [0.05, 0.1) is 12.7 Å². The Kier molecular flexibility index (Phi) is 7.73. The van der Waals surface area contributed by atoms with E-state index < -0.39 is 0 Å². The monoisotopic (exact) mass is 466 g/mol. The summed E-state index contributed by atoms with van der Waals surface area (Å²) in [5, 5.41) is 3.14. The van der Waals surface area contributed by atoms with Gasteiger partial charge in [0.25, 0.3) is 5.91 Å². The summed E-state index contributed by atoms with van der Waals surface area (Å²) in [6, 6.07) is 17.5. The number of amides is 2. The van der Waals surface area contributed by atoms with E-state index in [-0.39, 0.29) is 29.7 Å². The van der Waals surface area contributed by atoms with Gasteiger partial charge in [-0.1, -0.05) is 42.5 Å². The highest BCUT2D eigenvalue weighted by molar-refractivity contribution is 5.97. The molecule has 0 radical (unpaired) electrons. The van der Waals surface area contributed by atoms with Crippen molar-refractivity contribution in [1.82, 2.24) is 10.2 Å². The van der Waals surface area contributed by atoms with Crippen LogP contribution in [0.25, 0.3) is 0 Å². The molecule has 0 spiro atoms. The van der Waals surface area contributed by atoms with E-state index in [1.54, 1.807) is 31.2 Å². The van der Waals surface area contributed by atoms with Crippen LogP contribution in [0.4, 0.5) is 4.79 Å². The number of ether oxygens (including phenoxy) is 3. The van der Waals surface area contributed by atoms with Crippen molar-refractivity contribution in [2.24, 2.45) is 0 Å². The van der Waals surface area contributed by atoms with Crippen LogP contribution in [0.5, 0.6) is 5.75 Å². The maximum absolute atomic E-state index is 13.0. The average Bonchev–Trinajstić information content (AvgIpc) is 3.43. The Morgan fingerprint density at radius 2 is 1.76 bits per heavy atom. The predicted octanol–water partition coefficient (Wildman–Crippen LogP) is 4.51. The first kappa shape index (κ1) is 24.1. The minimum atomic E-state index is -0.325. The van der Waals surface area contributed by atoms with Gasteiger partial charge in [0.1, 0.15) is 18.1 Å². The lowest BCUT2D eigenvalue weighted by Gasteiger charge is -2.41. The summed E-state index contributed by atoms with van der Waals surface area (Å²) < 4.78 is 16.8. The molecule has 1 heterocycles. The van der Waals surface area contributed by atoms with Gasteiger partial charge in [-0.15, -0.1) is 0 Å². The molecule has 1 atom stereocenters. The van der Waals surface area contributed by atoms with Crippen LogP contribution >= 0.6 is 0 Å². The fourth-order valence-corrected chi connectivity index (χ4v) is 5.01.